The summed E-state index contributed by atoms with van der Waals surface area (Å²) in [5.74, 6) is 0. The standard InChI is InChI=1S/C8H6ClN3S/c1-5-11-12-8(13-5)6-2-3-7(9)10-4-6/h2-4H,1H3. The van der Waals surface area contributed by atoms with E-state index in [0.717, 1.165) is 15.6 Å². The van der Waals surface area contributed by atoms with Crippen molar-refractivity contribution in [1.82, 2.24) is 15.2 Å². The molecule has 3 nitrogen and oxygen atoms in total. The summed E-state index contributed by atoms with van der Waals surface area (Å²) in [6, 6.07) is 3.63. The van der Waals surface area contributed by atoms with Gasteiger partial charge in [0, 0.05) is 11.8 Å². The summed E-state index contributed by atoms with van der Waals surface area (Å²) >= 11 is 7.20. The molecule has 0 saturated heterocycles. The predicted molar refractivity (Wildman–Crippen MR) is 52.9 cm³/mol. The summed E-state index contributed by atoms with van der Waals surface area (Å²) in [6.07, 6.45) is 1.70. The largest absolute Gasteiger partial charge is 0.244 e. The summed E-state index contributed by atoms with van der Waals surface area (Å²) in [5.41, 5.74) is 0.954. The maximum absolute atomic E-state index is 5.66. The van der Waals surface area contributed by atoms with Crippen LogP contribution in [0.2, 0.25) is 5.15 Å². The minimum atomic E-state index is 0.491. The highest BCUT2D eigenvalue weighted by atomic mass is 35.5. The molecule has 0 saturated carbocycles. The van der Waals surface area contributed by atoms with E-state index in [4.69, 9.17) is 11.6 Å². The van der Waals surface area contributed by atoms with Gasteiger partial charge in [-0.05, 0) is 19.1 Å². The molecule has 0 atom stereocenters. The lowest BCUT2D eigenvalue weighted by molar-refractivity contribution is 1.05. The van der Waals surface area contributed by atoms with Crippen LogP contribution in [0, 0.1) is 6.92 Å². The van der Waals surface area contributed by atoms with Gasteiger partial charge in [-0.1, -0.05) is 22.9 Å². The van der Waals surface area contributed by atoms with Gasteiger partial charge in [0.15, 0.2) is 0 Å². The third-order valence-electron chi connectivity index (χ3n) is 1.50. The highest BCUT2D eigenvalue weighted by molar-refractivity contribution is 7.14. The second-order valence-corrected chi connectivity index (χ2v) is 4.06. The molecule has 0 N–H and O–H groups in total. The molecule has 0 bridgehead atoms. The molecule has 0 fully saturated rings. The van der Waals surface area contributed by atoms with Gasteiger partial charge in [-0.3, -0.25) is 0 Å². The van der Waals surface area contributed by atoms with Gasteiger partial charge in [-0.25, -0.2) is 4.98 Å². The van der Waals surface area contributed by atoms with Crippen LogP contribution < -0.4 is 0 Å². The number of nitrogens with zero attached hydrogens (tertiary/aromatic N) is 3. The maximum atomic E-state index is 5.66. The van der Waals surface area contributed by atoms with E-state index in [1.807, 2.05) is 13.0 Å². The first-order valence-electron chi connectivity index (χ1n) is 3.68. The molecule has 5 heteroatoms. The molecule has 0 radical (unpaired) electrons. The Morgan fingerprint density at radius 3 is 2.69 bits per heavy atom. The van der Waals surface area contributed by atoms with Crippen molar-refractivity contribution >= 4 is 22.9 Å². The third-order valence-corrected chi connectivity index (χ3v) is 2.61. The highest BCUT2D eigenvalue weighted by Crippen LogP contribution is 2.22. The molecule has 2 aromatic rings. The zero-order valence-corrected chi connectivity index (χ0v) is 8.43. The fraction of sp³-hybridized carbons (Fsp3) is 0.125. The molecule has 2 rings (SSSR count). The van der Waals surface area contributed by atoms with Crippen LogP contribution in [0.15, 0.2) is 18.3 Å². The molecular formula is C8H6ClN3S. The minimum Gasteiger partial charge on any atom is -0.244 e. The summed E-state index contributed by atoms with van der Waals surface area (Å²) in [5, 5.41) is 10.2. The van der Waals surface area contributed by atoms with E-state index in [9.17, 15) is 0 Å². The Labute approximate surface area is 84.4 Å². The lowest BCUT2D eigenvalue weighted by atomic mass is 10.3. The fourth-order valence-electron chi connectivity index (χ4n) is 0.916. The van der Waals surface area contributed by atoms with E-state index in [1.54, 1.807) is 23.6 Å². The van der Waals surface area contributed by atoms with Crippen molar-refractivity contribution in [3.63, 3.8) is 0 Å². The monoisotopic (exact) mass is 211 g/mol. The van der Waals surface area contributed by atoms with E-state index in [1.165, 1.54) is 0 Å². The molecule has 0 aliphatic heterocycles. The molecule has 0 amide bonds. The number of aryl methyl sites for hydroxylation is 1. The molecule has 0 aliphatic carbocycles. The van der Waals surface area contributed by atoms with E-state index in [-0.39, 0.29) is 0 Å². The molecule has 0 unspecified atom stereocenters. The molecule has 2 heterocycles. The summed E-state index contributed by atoms with van der Waals surface area (Å²) in [4.78, 5) is 3.97. The van der Waals surface area contributed by atoms with Crippen molar-refractivity contribution < 1.29 is 0 Å². The Kier molecular flexibility index (Phi) is 2.24. The zero-order valence-electron chi connectivity index (χ0n) is 6.86. The Morgan fingerprint density at radius 2 is 2.15 bits per heavy atom. The van der Waals surface area contributed by atoms with Crippen LogP contribution in [-0.4, -0.2) is 15.2 Å². The first-order chi connectivity index (χ1) is 6.25. The Morgan fingerprint density at radius 1 is 1.31 bits per heavy atom. The van der Waals surface area contributed by atoms with Crippen LogP contribution in [0.25, 0.3) is 10.6 Å². The van der Waals surface area contributed by atoms with Gasteiger partial charge in [0.25, 0.3) is 0 Å². The third kappa shape index (κ3) is 1.84. The van der Waals surface area contributed by atoms with Gasteiger partial charge >= 0.3 is 0 Å². The smallest absolute Gasteiger partial charge is 0.149 e. The molecule has 13 heavy (non-hydrogen) atoms. The molecule has 0 aromatic carbocycles. The number of rotatable bonds is 1. The second-order valence-electron chi connectivity index (χ2n) is 2.50. The van der Waals surface area contributed by atoms with Gasteiger partial charge in [0.05, 0.1) is 0 Å². The van der Waals surface area contributed by atoms with E-state index in [0.29, 0.717) is 5.15 Å². The van der Waals surface area contributed by atoms with E-state index < -0.39 is 0 Å². The lowest BCUT2D eigenvalue weighted by Gasteiger charge is -1.92. The topological polar surface area (TPSA) is 38.7 Å². The molecular weight excluding hydrogens is 206 g/mol. The number of pyridine rings is 1. The van der Waals surface area contributed by atoms with Gasteiger partial charge in [0.1, 0.15) is 15.2 Å². The average Bonchev–Trinajstić information content (AvgIpc) is 2.53. The quantitative estimate of drug-likeness (QED) is 0.681. The number of hydrogen-bond donors (Lipinski definition) is 0. The minimum absolute atomic E-state index is 0.491. The van der Waals surface area contributed by atoms with Crippen LogP contribution in [0.4, 0.5) is 0 Å². The number of hydrogen-bond acceptors (Lipinski definition) is 4. The summed E-state index contributed by atoms with van der Waals surface area (Å²) in [6.45, 7) is 1.92. The predicted octanol–water partition coefficient (Wildman–Crippen LogP) is 2.56. The normalized spacial score (nSPS) is 10.3. The van der Waals surface area contributed by atoms with Gasteiger partial charge in [-0.2, -0.15) is 0 Å². The van der Waals surface area contributed by atoms with Gasteiger partial charge in [0.2, 0.25) is 0 Å². The van der Waals surface area contributed by atoms with Gasteiger partial charge < -0.3 is 0 Å². The molecule has 2 aromatic heterocycles. The van der Waals surface area contributed by atoms with E-state index in [2.05, 4.69) is 15.2 Å². The van der Waals surface area contributed by atoms with Crippen LogP contribution >= 0.6 is 22.9 Å². The van der Waals surface area contributed by atoms with Crippen molar-refractivity contribution in [3.05, 3.63) is 28.5 Å². The van der Waals surface area contributed by atoms with Crippen LogP contribution in [0.3, 0.4) is 0 Å². The SMILES string of the molecule is Cc1nnc(-c2ccc(Cl)nc2)s1. The lowest BCUT2D eigenvalue weighted by Crippen LogP contribution is -1.79. The molecule has 66 valence electrons. The van der Waals surface area contributed by atoms with Crippen molar-refractivity contribution in [2.45, 2.75) is 6.92 Å². The Balaban J connectivity index is 2.41. The van der Waals surface area contributed by atoms with Crippen LogP contribution in [0.1, 0.15) is 5.01 Å². The zero-order chi connectivity index (χ0) is 9.26. The molecule has 0 aliphatic rings. The maximum Gasteiger partial charge on any atom is 0.149 e. The first-order valence-corrected chi connectivity index (χ1v) is 4.87. The first kappa shape index (κ1) is 8.59. The van der Waals surface area contributed by atoms with Crippen LogP contribution in [0.5, 0.6) is 0 Å². The van der Waals surface area contributed by atoms with Crippen molar-refractivity contribution in [2.24, 2.45) is 0 Å². The summed E-state index contributed by atoms with van der Waals surface area (Å²) in [7, 11) is 0. The van der Waals surface area contributed by atoms with Gasteiger partial charge in [-0.15, -0.1) is 10.2 Å². The average molecular weight is 212 g/mol. The van der Waals surface area contributed by atoms with Crippen molar-refractivity contribution in [3.8, 4) is 10.6 Å². The van der Waals surface area contributed by atoms with Crippen LogP contribution in [-0.2, 0) is 0 Å². The van der Waals surface area contributed by atoms with Crippen molar-refractivity contribution in [1.29, 1.82) is 0 Å². The van der Waals surface area contributed by atoms with E-state index >= 15 is 0 Å². The molecule has 0 spiro atoms. The Hall–Kier alpha value is -1.00. The highest BCUT2D eigenvalue weighted by Gasteiger charge is 2.03. The number of halogens is 1. The summed E-state index contributed by atoms with van der Waals surface area (Å²) < 4.78 is 0. The fourth-order valence-corrected chi connectivity index (χ4v) is 1.71. The van der Waals surface area contributed by atoms with Crippen molar-refractivity contribution in [2.75, 3.05) is 0 Å². The second kappa shape index (κ2) is 3.40. The number of aromatic nitrogens is 3. The Bertz CT molecular complexity index is 410.